The molecule has 0 unspecified atom stereocenters. The molecule has 0 aliphatic carbocycles. The molecule has 0 atom stereocenters. The molecule has 8 nitrogen and oxygen atoms in total. The Morgan fingerprint density at radius 1 is 1.29 bits per heavy atom. The molecule has 2 aromatic rings. The summed E-state index contributed by atoms with van der Waals surface area (Å²) >= 11 is 0. The van der Waals surface area contributed by atoms with Crippen molar-refractivity contribution < 1.29 is 4.79 Å². The number of rotatable bonds is 1. The highest BCUT2D eigenvalue weighted by atomic mass is 16.2. The van der Waals surface area contributed by atoms with E-state index in [-0.39, 0.29) is 11.6 Å². The van der Waals surface area contributed by atoms with Gasteiger partial charge < -0.3 is 9.88 Å². The van der Waals surface area contributed by atoms with Crippen molar-refractivity contribution in [3.05, 3.63) is 50.3 Å². The fourth-order valence-corrected chi connectivity index (χ4v) is 2.49. The highest BCUT2D eigenvalue weighted by Gasteiger charge is 2.25. The molecule has 1 amide bonds. The molecule has 1 aliphatic rings. The van der Waals surface area contributed by atoms with Gasteiger partial charge in [-0.1, -0.05) is 0 Å². The first-order chi connectivity index (χ1) is 9.99. The fourth-order valence-electron chi connectivity index (χ4n) is 2.49. The predicted molar refractivity (Wildman–Crippen MR) is 74.0 cm³/mol. The molecule has 3 heterocycles. The van der Waals surface area contributed by atoms with E-state index in [1.807, 2.05) is 0 Å². The fraction of sp³-hybridized carbons (Fsp3) is 0.385. The highest BCUT2D eigenvalue weighted by Crippen LogP contribution is 2.16. The Morgan fingerprint density at radius 3 is 2.81 bits per heavy atom. The largest absolute Gasteiger partial charge is 0.347 e. The second-order valence-corrected chi connectivity index (χ2v) is 5.07. The van der Waals surface area contributed by atoms with Gasteiger partial charge >= 0.3 is 5.69 Å². The summed E-state index contributed by atoms with van der Waals surface area (Å²) in [6, 6.07) is 1.20. The van der Waals surface area contributed by atoms with E-state index in [0.717, 1.165) is 16.0 Å². The number of hydrogen-bond donors (Lipinski definition) is 1. The maximum Gasteiger partial charge on any atom is 0.331 e. The first-order valence-corrected chi connectivity index (χ1v) is 6.56. The summed E-state index contributed by atoms with van der Waals surface area (Å²) in [6.07, 6.45) is 2.26. The molecule has 0 aromatic carbocycles. The lowest BCUT2D eigenvalue weighted by atomic mass is 10.1. The van der Waals surface area contributed by atoms with E-state index < -0.39 is 11.2 Å². The van der Waals surface area contributed by atoms with Crippen LogP contribution >= 0.6 is 0 Å². The minimum Gasteiger partial charge on any atom is -0.347 e. The van der Waals surface area contributed by atoms with Crippen molar-refractivity contribution in [2.45, 2.75) is 13.0 Å². The van der Waals surface area contributed by atoms with Crippen LogP contribution < -0.4 is 11.2 Å². The van der Waals surface area contributed by atoms with E-state index in [2.05, 4.69) is 9.97 Å². The van der Waals surface area contributed by atoms with Gasteiger partial charge in [-0.25, -0.2) is 9.78 Å². The Bertz CT molecular complexity index is 829. The number of fused-ring (bicyclic) bond motifs is 1. The number of amides is 1. The third kappa shape index (κ3) is 2.08. The zero-order chi connectivity index (χ0) is 15.1. The van der Waals surface area contributed by atoms with Gasteiger partial charge in [0.05, 0.1) is 24.3 Å². The van der Waals surface area contributed by atoms with Gasteiger partial charge in [0.1, 0.15) is 5.69 Å². The quantitative estimate of drug-likeness (QED) is 0.729. The lowest BCUT2D eigenvalue weighted by molar-refractivity contribution is 0.0719. The Labute approximate surface area is 119 Å². The molecule has 0 bridgehead atoms. The zero-order valence-electron chi connectivity index (χ0n) is 11.8. The van der Waals surface area contributed by atoms with Crippen molar-refractivity contribution in [1.29, 1.82) is 0 Å². The molecule has 3 rings (SSSR count). The summed E-state index contributed by atoms with van der Waals surface area (Å²) < 4.78 is 2.17. The smallest absolute Gasteiger partial charge is 0.331 e. The second-order valence-electron chi connectivity index (χ2n) is 5.07. The first kappa shape index (κ1) is 13.3. The van der Waals surface area contributed by atoms with Gasteiger partial charge in [0, 0.05) is 33.1 Å². The zero-order valence-corrected chi connectivity index (χ0v) is 11.8. The van der Waals surface area contributed by atoms with Gasteiger partial charge in [-0.05, 0) is 0 Å². The number of hydrogen-bond acceptors (Lipinski definition) is 4. The number of imidazole rings is 1. The summed E-state index contributed by atoms with van der Waals surface area (Å²) in [5.74, 6) is -0.326. The Balaban J connectivity index is 1.97. The van der Waals surface area contributed by atoms with Gasteiger partial charge in [-0.3, -0.25) is 18.7 Å². The molecule has 0 radical (unpaired) electrons. The summed E-state index contributed by atoms with van der Waals surface area (Å²) in [5, 5.41) is 0. The van der Waals surface area contributed by atoms with Gasteiger partial charge in [0.15, 0.2) is 0 Å². The molecule has 0 fully saturated rings. The third-order valence-corrected chi connectivity index (χ3v) is 3.81. The Kier molecular flexibility index (Phi) is 3.00. The van der Waals surface area contributed by atoms with E-state index in [4.69, 9.17) is 0 Å². The predicted octanol–water partition coefficient (Wildman–Crippen LogP) is -0.994. The SMILES string of the molecule is Cn1c(C(=O)N2CCc3nc[nH]c3C2)cc(=O)n(C)c1=O. The van der Waals surface area contributed by atoms with Crippen LogP contribution in [0.5, 0.6) is 0 Å². The summed E-state index contributed by atoms with van der Waals surface area (Å²) in [6.45, 7) is 0.914. The van der Waals surface area contributed by atoms with E-state index in [9.17, 15) is 14.4 Å². The highest BCUT2D eigenvalue weighted by molar-refractivity contribution is 5.92. The van der Waals surface area contributed by atoms with Crippen molar-refractivity contribution >= 4 is 5.91 Å². The molecule has 2 aromatic heterocycles. The van der Waals surface area contributed by atoms with E-state index in [1.165, 1.54) is 24.7 Å². The number of H-pyrrole nitrogens is 1. The minimum atomic E-state index is -0.509. The first-order valence-electron chi connectivity index (χ1n) is 6.56. The maximum absolute atomic E-state index is 12.6. The van der Waals surface area contributed by atoms with Crippen LogP contribution in [0.4, 0.5) is 0 Å². The van der Waals surface area contributed by atoms with Crippen LogP contribution in [-0.2, 0) is 27.1 Å². The average Bonchev–Trinajstić information content (AvgIpc) is 2.95. The summed E-state index contributed by atoms with van der Waals surface area (Å²) in [5.41, 5.74) is 0.956. The van der Waals surface area contributed by atoms with Crippen LogP contribution in [0.15, 0.2) is 22.0 Å². The second kappa shape index (κ2) is 4.72. The molecule has 0 saturated heterocycles. The number of carbonyl (C=O) groups is 1. The normalized spacial score (nSPS) is 14.1. The van der Waals surface area contributed by atoms with Crippen LogP contribution in [0.2, 0.25) is 0 Å². The minimum absolute atomic E-state index is 0.103. The molecular weight excluding hydrogens is 274 g/mol. The molecule has 1 N–H and O–H groups in total. The van der Waals surface area contributed by atoms with Crippen molar-refractivity contribution in [3.8, 4) is 0 Å². The topological polar surface area (TPSA) is 93.0 Å². The van der Waals surface area contributed by atoms with Crippen LogP contribution in [0.25, 0.3) is 0 Å². The molecule has 21 heavy (non-hydrogen) atoms. The number of nitrogens with zero attached hydrogens (tertiary/aromatic N) is 4. The van der Waals surface area contributed by atoms with Crippen LogP contribution in [0.3, 0.4) is 0 Å². The standard InChI is InChI=1S/C13H15N5O3/c1-16-10(5-11(19)17(2)13(16)21)12(20)18-4-3-8-9(6-18)15-7-14-8/h5,7H,3-4,6H2,1-2H3,(H,14,15). The Morgan fingerprint density at radius 2 is 2.05 bits per heavy atom. The molecule has 0 saturated carbocycles. The lowest BCUT2D eigenvalue weighted by Gasteiger charge is -2.26. The van der Waals surface area contributed by atoms with E-state index >= 15 is 0 Å². The van der Waals surface area contributed by atoms with Crippen molar-refractivity contribution in [3.63, 3.8) is 0 Å². The summed E-state index contributed by atoms with van der Waals surface area (Å²) in [7, 11) is 2.87. The van der Waals surface area contributed by atoms with Gasteiger partial charge in [0.2, 0.25) is 0 Å². The average molecular weight is 289 g/mol. The Hall–Kier alpha value is -2.64. The van der Waals surface area contributed by atoms with E-state index in [0.29, 0.717) is 19.5 Å². The van der Waals surface area contributed by atoms with Crippen molar-refractivity contribution in [2.24, 2.45) is 14.1 Å². The lowest BCUT2D eigenvalue weighted by Crippen LogP contribution is -2.43. The van der Waals surface area contributed by atoms with Gasteiger partial charge in [-0.2, -0.15) is 0 Å². The molecule has 0 spiro atoms. The van der Waals surface area contributed by atoms with Crippen LogP contribution in [0, 0.1) is 0 Å². The number of nitrogens with one attached hydrogen (secondary N) is 1. The molecule has 110 valence electrons. The van der Waals surface area contributed by atoms with Crippen molar-refractivity contribution in [1.82, 2.24) is 24.0 Å². The maximum atomic E-state index is 12.6. The number of carbonyl (C=O) groups excluding carboxylic acids is 1. The van der Waals surface area contributed by atoms with Crippen LogP contribution in [0.1, 0.15) is 21.9 Å². The van der Waals surface area contributed by atoms with Crippen molar-refractivity contribution in [2.75, 3.05) is 6.54 Å². The molecule has 8 heteroatoms. The molecule has 1 aliphatic heterocycles. The van der Waals surface area contributed by atoms with E-state index in [1.54, 1.807) is 11.2 Å². The number of aromatic nitrogens is 4. The monoisotopic (exact) mass is 289 g/mol. The summed E-state index contributed by atoms with van der Waals surface area (Å²) in [4.78, 5) is 45.0. The van der Waals surface area contributed by atoms with Crippen LogP contribution in [-0.4, -0.2) is 36.5 Å². The van der Waals surface area contributed by atoms with Gasteiger partial charge in [0.25, 0.3) is 11.5 Å². The number of aromatic amines is 1. The molecular formula is C13H15N5O3. The van der Waals surface area contributed by atoms with Gasteiger partial charge in [-0.15, -0.1) is 0 Å². The third-order valence-electron chi connectivity index (χ3n) is 3.81.